The second kappa shape index (κ2) is 5.38. The largest absolute Gasteiger partial charge is 0.340 e. The van der Waals surface area contributed by atoms with Crippen molar-refractivity contribution < 1.29 is 0 Å². The quantitative estimate of drug-likeness (QED) is 0.764. The Morgan fingerprint density at radius 2 is 1.90 bits per heavy atom. The van der Waals surface area contributed by atoms with E-state index in [-0.39, 0.29) is 0 Å². The van der Waals surface area contributed by atoms with E-state index in [4.69, 9.17) is 0 Å². The molecule has 100 valence electrons. The van der Waals surface area contributed by atoms with Crippen molar-refractivity contribution in [2.24, 2.45) is 0 Å². The predicted molar refractivity (Wildman–Crippen MR) is 82.3 cm³/mol. The first-order valence-corrected chi connectivity index (χ1v) is 7.16. The number of aryl methyl sites for hydroxylation is 2. The lowest BCUT2D eigenvalue weighted by Gasteiger charge is -2.27. The van der Waals surface area contributed by atoms with Gasteiger partial charge in [0.05, 0.1) is 11.3 Å². The molecule has 1 aliphatic heterocycles. The first kappa shape index (κ1) is 12.7. The van der Waals surface area contributed by atoms with Gasteiger partial charge in [0.15, 0.2) is 0 Å². The summed E-state index contributed by atoms with van der Waals surface area (Å²) in [6, 6.07) is 16.9. The summed E-state index contributed by atoms with van der Waals surface area (Å²) in [5.41, 5.74) is 5.65. The van der Waals surface area contributed by atoms with Gasteiger partial charge in [-0.25, -0.2) is 0 Å². The Hall–Kier alpha value is -2.27. The summed E-state index contributed by atoms with van der Waals surface area (Å²) in [5.74, 6) is 0. The van der Waals surface area contributed by atoms with Crippen molar-refractivity contribution in [3.05, 3.63) is 59.2 Å². The normalized spacial score (nSPS) is 14.3. The molecule has 0 radical (unpaired) electrons. The summed E-state index contributed by atoms with van der Waals surface area (Å²) >= 11 is 0. The van der Waals surface area contributed by atoms with Crippen molar-refractivity contribution in [2.45, 2.75) is 26.2 Å². The molecule has 2 heteroatoms. The van der Waals surface area contributed by atoms with E-state index in [1.54, 1.807) is 0 Å². The van der Waals surface area contributed by atoms with Crippen LogP contribution in [0.1, 0.15) is 29.5 Å². The van der Waals surface area contributed by atoms with Gasteiger partial charge in [0.2, 0.25) is 0 Å². The molecule has 0 fully saturated rings. The highest BCUT2D eigenvalue weighted by Crippen LogP contribution is 2.36. The molecule has 0 spiro atoms. The Kier molecular flexibility index (Phi) is 3.43. The number of nitrogens with zero attached hydrogens (tertiary/aromatic N) is 2. The molecule has 1 heterocycles. The molecule has 3 rings (SSSR count). The SMILES string of the molecule is Cc1cccc(C#N)c1N1CCCCc2ccccc21. The average molecular weight is 262 g/mol. The van der Waals surface area contributed by atoms with Crippen LogP contribution in [0.3, 0.4) is 0 Å². The van der Waals surface area contributed by atoms with Crippen molar-refractivity contribution in [3.63, 3.8) is 0 Å². The van der Waals surface area contributed by atoms with Crippen molar-refractivity contribution in [2.75, 3.05) is 11.4 Å². The molecule has 0 atom stereocenters. The van der Waals surface area contributed by atoms with Crippen LogP contribution in [-0.4, -0.2) is 6.54 Å². The smallest absolute Gasteiger partial charge is 0.101 e. The number of fused-ring (bicyclic) bond motifs is 1. The van der Waals surface area contributed by atoms with Gasteiger partial charge < -0.3 is 4.90 Å². The van der Waals surface area contributed by atoms with Crippen molar-refractivity contribution in [3.8, 4) is 6.07 Å². The molecule has 0 saturated heterocycles. The van der Waals surface area contributed by atoms with Crippen LogP contribution in [0.4, 0.5) is 11.4 Å². The fourth-order valence-corrected chi connectivity index (χ4v) is 3.03. The fourth-order valence-electron chi connectivity index (χ4n) is 3.03. The molecule has 0 saturated carbocycles. The molecule has 0 unspecified atom stereocenters. The van der Waals surface area contributed by atoms with E-state index in [0.29, 0.717) is 0 Å². The van der Waals surface area contributed by atoms with Gasteiger partial charge in [0.1, 0.15) is 6.07 Å². The number of para-hydroxylation sites is 2. The van der Waals surface area contributed by atoms with E-state index in [9.17, 15) is 5.26 Å². The Labute approximate surface area is 120 Å². The second-order valence-electron chi connectivity index (χ2n) is 5.32. The van der Waals surface area contributed by atoms with Gasteiger partial charge in [-0.1, -0.05) is 30.3 Å². The van der Waals surface area contributed by atoms with Crippen LogP contribution >= 0.6 is 0 Å². The molecule has 0 aliphatic carbocycles. The zero-order valence-corrected chi connectivity index (χ0v) is 11.8. The van der Waals surface area contributed by atoms with Gasteiger partial charge in [-0.15, -0.1) is 0 Å². The number of nitriles is 1. The van der Waals surface area contributed by atoms with Gasteiger partial charge in [0.25, 0.3) is 0 Å². The lowest BCUT2D eigenvalue weighted by molar-refractivity contribution is 0.760. The molecule has 0 amide bonds. The fraction of sp³-hybridized carbons (Fsp3) is 0.278. The highest BCUT2D eigenvalue weighted by molar-refractivity contribution is 5.74. The van der Waals surface area contributed by atoms with E-state index < -0.39 is 0 Å². The average Bonchev–Trinajstić information content (AvgIpc) is 2.69. The molecule has 20 heavy (non-hydrogen) atoms. The summed E-state index contributed by atoms with van der Waals surface area (Å²) < 4.78 is 0. The predicted octanol–water partition coefficient (Wildman–Crippen LogP) is 4.34. The number of rotatable bonds is 1. The summed E-state index contributed by atoms with van der Waals surface area (Å²) in [6.45, 7) is 3.07. The van der Waals surface area contributed by atoms with Crippen molar-refractivity contribution >= 4 is 11.4 Å². The second-order valence-corrected chi connectivity index (χ2v) is 5.32. The van der Waals surface area contributed by atoms with Crippen LogP contribution in [0, 0.1) is 18.3 Å². The molecular formula is C18H18N2. The Morgan fingerprint density at radius 3 is 2.75 bits per heavy atom. The Bertz CT molecular complexity index is 667. The monoisotopic (exact) mass is 262 g/mol. The zero-order valence-electron chi connectivity index (χ0n) is 11.8. The van der Waals surface area contributed by atoms with Gasteiger partial charge in [-0.05, 0) is 49.4 Å². The maximum absolute atomic E-state index is 9.42. The van der Waals surface area contributed by atoms with Crippen LogP contribution in [0.5, 0.6) is 0 Å². The number of hydrogen-bond donors (Lipinski definition) is 0. The number of anilines is 2. The van der Waals surface area contributed by atoms with Crippen LogP contribution in [-0.2, 0) is 6.42 Å². The minimum absolute atomic E-state index is 0.765. The maximum atomic E-state index is 9.42. The number of benzene rings is 2. The lowest BCUT2D eigenvalue weighted by atomic mass is 10.0. The van der Waals surface area contributed by atoms with Crippen LogP contribution in [0.25, 0.3) is 0 Å². The summed E-state index contributed by atoms with van der Waals surface area (Å²) in [4.78, 5) is 2.33. The van der Waals surface area contributed by atoms with Crippen LogP contribution in [0.15, 0.2) is 42.5 Å². The minimum atomic E-state index is 0.765. The lowest BCUT2D eigenvalue weighted by Crippen LogP contribution is -2.20. The zero-order chi connectivity index (χ0) is 13.9. The highest BCUT2D eigenvalue weighted by atomic mass is 15.1. The third kappa shape index (κ3) is 2.16. The van der Waals surface area contributed by atoms with Crippen molar-refractivity contribution in [1.29, 1.82) is 5.26 Å². The standard InChI is InChI=1S/C18H18N2/c1-14-7-6-10-16(13-19)18(14)20-12-5-4-9-15-8-2-3-11-17(15)20/h2-3,6-8,10-11H,4-5,9,12H2,1H3. The van der Waals surface area contributed by atoms with Gasteiger partial charge in [-0.2, -0.15) is 5.26 Å². The summed E-state index contributed by atoms with van der Waals surface area (Å²) in [7, 11) is 0. The maximum Gasteiger partial charge on any atom is 0.101 e. The Morgan fingerprint density at radius 1 is 1.05 bits per heavy atom. The minimum Gasteiger partial charge on any atom is -0.340 e. The van der Waals surface area contributed by atoms with Crippen LogP contribution in [0.2, 0.25) is 0 Å². The van der Waals surface area contributed by atoms with E-state index in [0.717, 1.165) is 30.6 Å². The third-order valence-corrected chi connectivity index (χ3v) is 3.99. The molecular weight excluding hydrogens is 244 g/mol. The first-order chi connectivity index (χ1) is 9.81. The molecule has 2 aromatic carbocycles. The van der Waals surface area contributed by atoms with Gasteiger partial charge in [-0.3, -0.25) is 0 Å². The molecule has 2 nitrogen and oxygen atoms in total. The number of hydrogen-bond acceptors (Lipinski definition) is 2. The summed E-state index contributed by atoms with van der Waals surface area (Å²) in [6.07, 6.45) is 3.50. The highest BCUT2D eigenvalue weighted by Gasteiger charge is 2.20. The third-order valence-electron chi connectivity index (χ3n) is 3.99. The molecule has 0 bridgehead atoms. The van der Waals surface area contributed by atoms with E-state index in [2.05, 4.69) is 48.2 Å². The van der Waals surface area contributed by atoms with E-state index in [1.807, 2.05) is 12.1 Å². The Balaban J connectivity index is 2.18. The van der Waals surface area contributed by atoms with Gasteiger partial charge >= 0.3 is 0 Å². The molecule has 0 aromatic heterocycles. The summed E-state index contributed by atoms with van der Waals surface area (Å²) in [5, 5.41) is 9.42. The first-order valence-electron chi connectivity index (χ1n) is 7.16. The molecule has 2 aromatic rings. The van der Waals surface area contributed by atoms with Gasteiger partial charge in [0, 0.05) is 12.2 Å². The van der Waals surface area contributed by atoms with Crippen molar-refractivity contribution in [1.82, 2.24) is 0 Å². The topological polar surface area (TPSA) is 27.0 Å². The molecule has 1 aliphatic rings. The molecule has 0 N–H and O–H groups in total. The van der Waals surface area contributed by atoms with Crippen LogP contribution < -0.4 is 4.90 Å². The van der Waals surface area contributed by atoms with E-state index in [1.165, 1.54) is 23.2 Å². The van der Waals surface area contributed by atoms with E-state index >= 15 is 0 Å².